The molecule has 1 heterocycles. The zero-order valence-corrected chi connectivity index (χ0v) is 6.36. The van der Waals surface area contributed by atoms with Crippen LogP contribution in [0.15, 0.2) is 0 Å². The first kappa shape index (κ1) is 8.49. The summed E-state index contributed by atoms with van der Waals surface area (Å²) < 4.78 is 0. The lowest BCUT2D eigenvalue weighted by molar-refractivity contribution is -0.139. The number of nitrogens with zero attached hydrogens (tertiary/aromatic N) is 1. The molecule has 0 aromatic heterocycles. The molecular formula is C7H13NO3. The van der Waals surface area contributed by atoms with Gasteiger partial charge < -0.3 is 15.1 Å². The fraction of sp³-hybridized carbons (Fsp3) is 0.857. The summed E-state index contributed by atoms with van der Waals surface area (Å²) in [5.74, 6) is -0.932. The van der Waals surface area contributed by atoms with Gasteiger partial charge in [-0.25, -0.2) is 0 Å². The Labute approximate surface area is 65.4 Å². The molecule has 4 nitrogen and oxygen atoms in total. The highest BCUT2D eigenvalue weighted by molar-refractivity contribution is 5.67. The van der Waals surface area contributed by atoms with Crippen molar-refractivity contribution in [2.45, 2.75) is 18.9 Å². The van der Waals surface area contributed by atoms with Gasteiger partial charge >= 0.3 is 5.97 Å². The molecule has 4 heteroatoms. The Morgan fingerprint density at radius 1 is 1.55 bits per heavy atom. The van der Waals surface area contributed by atoms with Gasteiger partial charge in [-0.15, -0.1) is 0 Å². The van der Waals surface area contributed by atoms with Crippen molar-refractivity contribution in [3.63, 3.8) is 0 Å². The van der Waals surface area contributed by atoms with Crippen LogP contribution >= 0.6 is 0 Å². The number of aliphatic carboxylic acids is 1. The number of aliphatic hydroxyl groups is 1. The van der Waals surface area contributed by atoms with E-state index in [-0.39, 0.29) is 6.42 Å². The molecule has 0 aliphatic carbocycles. The predicted molar refractivity (Wildman–Crippen MR) is 39.3 cm³/mol. The molecule has 1 aliphatic heterocycles. The number of rotatable bonds is 4. The van der Waals surface area contributed by atoms with Crippen molar-refractivity contribution < 1.29 is 15.0 Å². The first-order valence-corrected chi connectivity index (χ1v) is 3.80. The van der Waals surface area contributed by atoms with Crippen molar-refractivity contribution in [2.24, 2.45) is 0 Å². The summed E-state index contributed by atoms with van der Waals surface area (Å²) in [6.07, 6.45) is 0.323. The van der Waals surface area contributed by atoms with Crippen LogP contribution < -0.4 is 0 Å². The minimum Gasteiger partial charge on any atom is -0.481 e. The number of carboxylic acids is 1. The van der Waals surface area contributed by atoms with E-state index in [9.17, 15) is 4.79 Å². The minimum atomic E-state index is -0.932. The second-order valence-corrected chi connectivity index (χ2v) is 2.91. The summed E-state index contributed by atoms with van der Waals surface area (Å²) in [5, 5.41) is 17.4. The van der Waals surface area contributed by atoms with Gasteiger partial charge in [0.1, 0.15) is 0 Å². The molecule has 0 radical (unpaired) electrons. The molecule has 1 saturated heterocycles. The molecule has 0 spiro atoms. The number of hydrogen-bond donors (Lipinski definition) is 2. The summed E-state index contributed by atoms with van der Waals surface area (Å²) in [6.45, 7) is 2.50. The van der Waals surface area contributed by atoms with E-state index in [4.69, 9.17) is 10.2 Å². The van der Waals surface area contributed by atoms with Crippen LogP contribution in [-0.4, -0.2) is 46.8 Å². The second kappa shape index (κ2) is 3.69. The molecule has 0 bridgehead atoms. The zero-order chi connectivity index (χ0) is 8.27. The average Bonchev–Trinajstić information content (AvgIpc) is 1.77. The lowest BCUT2D eigenvalue weighted by Crippen LogP contribution is -2.42. The average molecular weight is 159 g/mol. The van der Waals surface area contributed by atoms with Crippen LogP contribution in [0.4, 0.5) is 0 Å². The number of aliphatic hydroxyl groups excluding tert-OH is 1. The third-order valence-corrected chi connectivity index (χ3v) is 1.83. The van der Waals surface area contributed by atoms with E-state index in [0.29, 0.717) is 6.54 Å². The monoisotopic (exact) mass is 159 g/mol. The first-order valence-electron chi connectivity index (χ1n) is 3.80. The van der Waals surface area contributed by atoms with Crippen molar-refractivity contribution in [2.75, 3.05) is 19.6 Å². The number of β-amino-alcohol motifs (C(OH)–C–C–N with tert-alkyl or cyclic N) is 1. The highest BCUT2D eigenvalue weighted by Crippen LogP contribution is 2.07. The van der Waals surface area contributed by atoms with E-state index < -0.39 is 12.1 Å². The molecule has 1 rings (SSSR count). The maximum absolute atomic E-state index is 10.1. The fourth-order valence-corrected chi connectivity index (χ4v) is 1.13. The Balaban J connectivity index is 2.09. The van der Waals surface area contributed by atoms with Gasteiger partial charge in [-0.2, -0.15) is 0 Å². The Morgan fingerprint density at radius 3 is 2.55 bits per heavy atom. The summed E-state index contributed by atoms with van der Waals surface area (Å²) in [5.41, 5.74) is 0. The van der Waals surface area contributed by atoms with Gasteiger partial charge in [-0.1, -0.05) is 0 Å². The molecule has 0 amide bonds. The minimum absolute atomic E-state index is 0.142. The molecule has 0 aromatic carbocycles. The third kappa shape index (κ3) is 2.86. The molecule has 1 unspecified atom stereocenters. The van der Waals surface area contributed by atoms with Crippen LogP contribution in [-0.2, 0) is 4.79 Å². The van der Waals surface area contributed by atoms with Crippen LogP contribution in [0.2, 0.25) is 0 Å². The second-order valence-electron chi connectivity index (χ2n) is 2.91. The number of likely N-dealkylation sites (tertiary alicyclic amines) is 1. The van der Waals surface area contributed by atoms with Gasteiger partial charge in [-0.05, 0) is 19.5 Å². The van der Waals surface area contributed by atoms with Crippen LogP contribution in [0.25, 0.3) is 0 Å². The highest BCUT2D eigenvalue weighted by atomic mass is 16.4. The molecular weight excluding hydrogens is 146 g/mol. The van der Waals surface area contributed by atoms with Crippen LogP contribution in [0.5, 0.6) is 0 Å². The van der Waals surface area contributed by atoms with Gasteiger partial charge in [0.2, 0.25) is 0 Å². The van der Waals surface area contributed by atoms with Gasteiger partial charge in [0, 0.05) is 6.54 Å². The van der Waals surface area contributed by atoms with E-state index >= 15 is 0 Å². The van der Waals surface area contributed by atoms with E-state index in [1.807, 2.05) is 4.90 Å². The summed E-state index contributed by atoms with van der Waals surface area (Å²) in [7, 11) is 0. The van der Waals surface area contributed by atoms with Gasteiger partial charge in [0.05, 0.1) is 12.5 Å². The Kier molecular flexibility index (Phi) is 2.84. The van der Waals surface area contributed by atoms with Crippen molar-refractivity contribution in [3.8, 4) is 0 Å². The standard InChI is InChI=1S/C7H13NO3/c9-6(4-7(10)11)5-8-2-1-3-8/h6,9H,1-5H2,(H,10,11). The molecule has 64 valence electrons. The predicted octanol–water partition coefficient (Wildman–Crippen LogP) is -0.472. The largest absolute Gasteiger partial charge is 0.481 e. The molecule has 0 saturated carbocycles. The molecule has 1 fully saturated rings. The Morgan fingerprint density at radius 2 is 2.18 bits per heavy atom. The fourth-order valence-electron chi connectivity index (χ4n) is 1.13. The zero-order valence-electron chi connectivity index (χ0n) is 6.36. The molecule has 1 atom stereocenters. The normalized spacial score (nSPS) is 20.8. The molecule has 11 heavy (non-hydrogen) atoms. The molecule has 2 N–H and O–H groups in total. The van der Waals surface area contributed by atoms with Crippen molar-refractivity contribution >= 4 is 5.97 Å². The lowest BCUT2D eigenvalue weighted by atomic mass is 10.1. The van der Waals surface area contributed by atoms with E-state index in [1.54, 1.807) is 0 Å². The van der Waals surface area contributed by atoms with Crippen LogP contribution in [0.3, 0.4) is 0 Å². The van der Waals surface area contributed by atoms with E-state index in [1.165, 1.54) is 6.42 Å². The SMILES string of the molecule is O=C(O)CC(O)CN1CCC1. The quantitative estimate of drug-likeness (QED) is 0.582. The van der Waals surface area contributed by atoms with E-state index in [0.717, 1.165) is 13.1 Å². The summed E-state index contributed by atoms with van der Waals surface area (Å²) in [6, 6.07) is 0. The van der Waals surface area contributed by atoms with Crippen LogP contribution in [0.1, 0.15) is 12.8 Å². The van der Waals surface area contributed by atoms with Gasteiger partial charge in [0.15, 0.2) is 0 Å². The topological polar surface area (TPSA) is 60.8 Å². The number of hydrogen-bond acceptors (Lipinski definition) is 3. The van der Waals surface area contributed by atoms with E-state index in [2.05, 4.69) is 0 Å². The van der Waals surface area contributed by atoms with Crippen LogP contribution in [0, 0.1) is 0 Å². The maximum Gasteiger partial charge on any atom is 0.306 e. The molecule has 0 aromatic rings. The Hall–Kier alpha value is -0.610. The highest BCUT2D eigenvalue weighted by Gasteiger charge is 2.18. The summed E-state index contributed by atoms with van der Waals surface area (Å²) in [4.78, 5) is 12.2. The smallest absolute Gasteiger partial charge is 0.306 e. The Bertz CT molecular complexity index is 145. The lowest BCUT2D eigenvalue weighted by Gasteiger charge is -2.32. The van der Waals surface area contributed by atoms with Crippen molar-refractivity contribution in [1.82, 2.24) is 4.90 Å². The molecule has 1 aliphatic rings. The van der Waals surface area contributed by atoms with Crippen molar-refractivity contribution in [3.05, 3.63) is 0 Å². The summed E-state index contributed by atoms with van der Waals surface area (Å²) >= 11 is 0. The number of carboxylic acid groups (broad SMARTS) is 1. The van der Waals surface area contributed by atoms with Gasteiger partial charge in [0.25, 0.3) is 0 Å². The number of carbonyl (C=O) groups is 1. The maximum atomic E-state index is 10.1. The van der Waals surface area contributed by atoms with Crippen molar-refractivity contribution in [1.29, 1.82) is 0 Å². The van der Waals surface area contributed by atoms with Gasteiger partial charge in [-0.3, -0.25) is 4.79 Å². The first-order chi connectivity index (χ1) is 5.18. The third-order valence-electron chi connectivity index (χ3n) is 1.83.